The summed E-state index contributed by atoms with van der Waals surface area (Å²) in [6.07, 6.45) is 3.20. The van der Waals surface area contributed by atoms with Gasteiger partial charge in [-0.05, 0) is 51.3 Å². The molecule has 4 rings (SSSR count). The highest BCUT2D eigenvalue weighted by Gasteiger charge is 2.27. The fourth-order valence-electron chi connectivity index (χ4n) is 3.99. The van der Waals surface area contributed by atoms with Gasteiger partial charge in [-0.25, -0.2) is 13.4 Å². The molecule has 1 fully saturated rings. The number of methoxy groups -OCH3 is 1. The Morgan fingerprint density at radius 1 is 1.15 bits per heavy atom. The number of carbonyl (C=O) groups excluding carboxylic acids is 1. The summed E-state index contributed by atoms with van der Waals surface area (Å²) in [5.74, 6) is 0.569. The Bertz CT molecular complexity index is 1290. The molecular formula is C23H28N4O4S2. The molecule has 8 nitrogen and oxygen atoms in total. The monoisotopic (exact) mass is 488 g/mol. The molecule has 1 saturated heterocycles. The summed E-state index contributed by atoms with van der Waals surface area (Å²) in [7, 11) is -0.507. The van der Waals surface area contributed by atoms with Crippen LogP contribution in [0.5, 0.6) is 5.75 Å². The standard InChI is InChI=1S/C23H28N4O4S2/c1-15-21(23(28)27-11-6-5-7-12-27)32-22(24-15)19-14-20(16(2)26(19)3)33(29,30)25-17-9-8-10-18(13-17)31-4/h8-10,13-14,25H,5-7,11-12H2,1-4H3. The zero-order valence-corrected chi connectivity index (χ0v) is 20.8. The number of aryl methyl sites for hydroxylation is 1. The first kappa shape index (κ1) is 23.3. The van der Waals surface area contributed by atoms with Crippen LogP contribution in [0, 0.1) is 13.8 Å². The Balaban J connectivity index is 1.65. The summed E-state index contributed by atoms with van der Waals surface area (Å²) in [6, 6.07) is 8.38. The molecule has 1 aliphatic heterocycles. The normalized spacial score (nSPS) is 14.4. The highest BCUT2D eigenvalue weighted by atomic mass is 32.2. The van der Waals surface area contributed by atoms with Crippen molar-refractivity contribution in [2.45, 2.75) is 38.0 Å². The lowest BCUT2D eigenvalue weighted by Gasteiger charge is -2.26. The van der Waals surface area contributed by atoms with Gasteiger partial charge in [0.05, 0.1) is 24.2 Å². The Hall–Kier alpha value is -2.85. The molecule has 0 atom stereocenters. The van der Waals surface area contributed by atoms with Crippen molar-refractivity contribution in [3.63, 3.8) is 0 Å². The first-order valence-corrected chi connectivity index (χ1v) is 13.1. The van der Waals surface area contributed by atoms with Crippen LogP contribution in [0.25, 0.3) is 10.7 Å². The number of ether oxygens (including phenoxy) is 1. The third kappa shape index (κ3) is 4.63. The second kappa shape index (κ2) is 9.18. The molecule has 0 spiro atoms. The highest BCUT2D eigenvalue weighted by molar-refractivity contribution is 7.92. The molecular weight excluding hydrogens is 460 g/mol. The third-order valence-electron chi connectivity index (χ3n) is 5.95. The lowest BCUT2D eigenvalue weighted by molar-refractivity contribution is 0.0728. The van der Waals surface area contributed by atoms with Crippen LogP contribution < -0.4 is 9.46 Å². The SMILES string of the molecule is COc1cccc(NS(=O)(=O)c2cc(-c3nc(C)c(C(=O)N4CCCCC4)s3)n(C)c2C)c1. The molecule has 1 amide bonds. The number of nitrogens with zero attached hydrogens (tertiary/aromatic N) is 3. The number of hydrogen-bond donors (Lipinski definition) is 1. The van der Waals surface area contributed by atoms with E-state index in [0.717, 1.165) is 32.4 Å². The summed E-state index contributed by atoms with van der Waals surface area (Å²) < 4.78 is 35.9. The number of thiazole rings is 1. The number of hydrogen-bond acceptors (Lipinski definition) is 6. The summed E-state index contributed by atoms with van der Waals surface area (Å²) in [6.45, 7) is 5.12. The summed E-state index contributed by atoms with van der Waals surface area (Å²) in [4.78, 5) is 20.3. The van der Waals surface area contributed by atoms with Crippen LogP contribution in [-0.2, 0) is 17.1 Å². The first-order chi connectivity index (χ1) is 15.7. The van der Waals surface area contributed by atoms with Crippen molar-refractivity contribution in [1.29, 1.82) is 0 Å². The van der Waals surface area contributed by atoms with Crippen LogP contribution in [0.4, 0.5) is 5.69 Å². The van der Waals surface area contributed by atoms with Gasteiger partial charge in [0.25, 0.3) is 15.9 Å². The maximum atomic E-state index is 13.2. The number of piperidine rings is 1. The fraction of sp³-hybridized carbons (Fsp3) is 0.391. The van der Waals surface area contributed by atoms with Gasteiger partial charge < -0.3 is 14.2 Å². The van der Waals surface area contributed by atoms with Gasteiger partial charge in [0.1, 0.15) is 20.5 Å². The second-order valence-corrected chi connectivity index (χ2v) is 10.8. The minimum atomic E-state index is -3.84. The predicted octanol–water partition coefficient (Wildman–Crippen LogP) is 4.20. The van der Waals surface area contributed by atoms with Crippen molar-refractivity contribution in [2.24, 2.45) is 7.05 Å². The van der Waals surface area contributed by atoms with Gasteiger partial charge in [0.2, 0.25) is 0 Å². The third-order valence-corrected chi connectivity index (χ3v) is 8.62. The van der Waals surface area contributed by atoms with E-state index in [2.05, 4.69) is 9.71 Å². The topological polar surface area (TPSA) is 93.5 Å². The molecule has 3 heterocycles. The minimum Gasteiger partial charge on any atom is -0.497 e. The highest BCUT2D eigenvalue weighted by Crippen LogP contribution is 2.34. The number of likely N-dealkylation sites (tertiary alicyclic amines) is 1. The van der Waals surface area contributed by atoms with E-state index in [4.69, 9.17) is 4.74 Å². The lowest BCUT2D eigenvalue weighted by atomic mass is 10.1. The van der Waals surface area contributed by atoms with E-state index >= 15 is 0 Å². The van der Waals surface area contributed by atoms with Gasteiger partial charge in [-0.3, -0.25) is 9.52 Å². The largest absolute Gasteiger partial charge is 0.497 e. The van der Waals surface area contributed by atoms with Crippen LogP contribution in [0.1, 0.15) is 40.3 Å². The second-order valence-electron chi connectivity index (χ2n) is 8.16. The average molecular weight is 489 g/mol. The van der Waals surface area contributed by atoms with E-state index < -0.39 is 10.0 Å². The van der Waals surface area contributed by atoms with Crippen molar-refractivity contribution in [2.75, 3.05) is 24.9 Å². The van der Waals surface area contributed by atoms with Crippen molar-refractivity contribution in [3.8, 4) is 16.5 Å². The van der Waals surface area contributed by atoms with E-state index in [1.165, 1.54) is 18.4 Å². The molecule has 10 heteroatoms. The zero-order valence-electron chi connectivity index (χ0n) is 19.2. The summed E-state index contributed by atoms with van der Waals surface area (Å²) in [5.41, 5.74) is 2.32. The fourth-order valence-corrected chi connectivity index (χ4v) is 6.42. The smallest absolute Gasteiger partial charge is 0.265 e. The molecule has 33 heavy (non-hydrogen) atoms. The summed E-state index contributed by atoms with van der Waals surface area (Å²) >= 11 is 1.32. The van der Waals surface area contributed by atoms with E-state index in [9.17, 15) is 13.2 Å². The molecule has 3 aromatic rings. The van der Waals surface area contributed by atoms with Gasteiger partial charge in [0.15, 0.2) is 0 Å². The number of nitrogens with one attached hydrogen (secondary N) is 1. The minimum absolute atomic E-state index is 0.00872. The molecule has 176 valence electrons. The quantitative estimate of drug-likeness (QED) is 0.561. The molecule has 1 aromatic carbocycles. The number of amides is 1. The number of rotatable bonds is 6. The zero-order chi connectivity index (χ0) is 23.8. The molecule has 0 bridgehead atoms. The number of anilines is 1. The number of aromatic nitrogens is 2. The van der Waals surface area contributed by atoms with Crippen molar-refractivity contribution < 1.29 is 17.9 Å². The Kier molecular flexibility index (Phi) is 6.49. The number of carbonyl (C=O) groups is 1. The van der Waals surface area contributed by atoms with E-state index in [-0.39, 0.29) is 10.8 Å². The molecule has 0 saturated carbocycles. The van der Waals surface area contributed by atoms with Gasteiger partial charge >= 0.3 is 0 Å². The van der Waals surface area contributed by atoms with Crippen molar-refractivity contribution in [3.05, 3.63) is 46.6 Å². The maximum Gasteiger partial charge on any atom is 0.265 e. The van der Waals surface area contributed by atoms with E-state index in [1.807, 2.05) is 11.8 Å². The average Bonchev–Trinajstić information content (AvgIpc) is 3.33. The van der Waals surface area contributed by atoms with Crippen LogP contribution in [0.15, 0.2) is 35.2 Å². The molecule has 2 aromatic heterocycles. The molecule has 0 radical (unpaired) electrons. The molecule has 1 aliphatic rings. The van der Waals surface area contributed by atoms with Crippen molar-refractivity contribution in [1.82, 2.24) is 14.5 Å². The van der Waals surface area contributed by atoms with E-state index in [0.29, 0.717) is 38.4 Å². The Morgan fingerprint density at radius 3 is 2.58 bits per heavy atom. The number of benzene rings is 1. The van der Waals surface area contributed by atoms with Gasteiger partial charge in [0, 0.05) is 31.9 Å². The molecule has 1 N–H and O–H groups in total. The number of sulfonamides is 1. The maximum absolute atomic E-state index is 13.2. The predicted molar refractivity (Wildman–Crippen MR) is 130 cm³/mol. The first-order valence-electron chi connectivity index (χ1n) is 10.8. The van der Waals surface area contributed by atoms with Crippen LogP contribution >= 0.6 is 11.3 Å². The van der Waals surface area contributed by atoms with Crippen molar-refractivity contribution >= 4 is 33.0 Å². The summed E-state index contributed by atoms with van der Waals surface area (Å²) in [5, 5.41) is 0.626. The van der Waals surface area contributed by atoms with Crippen LogP contribution in [-0.4, -0.2) is 49.0 Å². The van der Waals surface area contributed by atoms with Crippen LogP contribution in [0.2, 0.25) is 0 Å². The van der Waals surface area contributed by atoms with Gasteiger partial charge in [-0.15, -0.1) is 11.3 Å². The Morgan fingerprint density at radius 2 is 1.88 bits per heavy atom. The van der Waals surface area contributed by atoms with Gasteiger partial charge in [-0.1, -0.05) is 6.07 Å². The molecule has 0 unspecified atom stereocenters. The molecule has 0 aliphatic carbocycles. The Labute approximate surface area is 198 Å². The lowest BCUT2D eigenvalue weighted by Crippen LogP contribution is -2.35. The van der Waals surface area contributed by atoms with Crippen LogP contribution in [0.3, 0.4) is 0 Å². The van der Waals surface area contributed by atoms with E-state index in [1.54, 1.807) is 48.9 Å². The van der Waals surface area contributed by atoms with Gasteiger partial charge in [-0.2, -0.15) is 0 Å².